The molecule has 2 aromatic carbocycles. The number of likely N-dealkylation sites (tertiary alicyclic amines) is 1. The fourth-order valence-corrected chi connectivity index (χ4v) is 3.48. The maximum Gasteiger partial charge on any atom is 0.131 e. The second-order valence-corrected chi connectivity index (χ2v) is 6.25. The zero-order chi connectivity index (χ0) is 18.0. The normalized spacial score (nSPS) is 23.8. The van der Waals surface area contributed by atoms with Gasteiger partial charge in [-0.25, -0.2) is 8.78 Å². The minimum Gasteiger partial charge on any atom is -0.496 e. The maximum atomic E-state index is 14.2. The van der Waals surface area contributed by atoms with Gasteiger partial charge in [-0.1, -0.05) is 18.2 Å². The van der Waals surface area contributed by atoms with Gasteiger partial charge >= 0.3 is 0 Å². The van der Waals surface area contributed by atoms with Crippen molar-refractivity contribution < 1.29 is 23.7 Å². The largest absolute Gasteiger partial charge is 0.496 e. The zero-order valence-corrected chi connectivity index (χ0v) is 13.9. The summed E-state index contributed by atoms with van der Waals surface area (Å²) in [6.07, 6.45) is -0.826. The van der Waals surface area contributed by atoms with Gasteiger partial charge in [-0.3, -0.25) is 4.90 Å². The molecule has 0 aromatic heterocycles. The quantitative estimate of drug-likeness (QED) is 0.870. The molecule has 0 amide bonds. The zero-order valence-electron chi connectivity index (χ0n) is 13.9. The third-order valence-corrected chi connectivity index (χ3v) is 4.85. The van der Waals surface area contributed by atoms with Crippen molar-refractivity contribution in [1.82, 2.24) is 4.90 Å². The van der Waals surface area contributed by atoms with Crippen molar-refractivity contribution in [2.24, 2.45) is 0 Å². The van der Waals surface area contributed by atoms with Gasteiger partial charge in [0.2, 0.25) is 0 Å². The molecule has 2 aromatic rings. The van der Waals surface area contributed by atoms with E-state index in [0.717, 1.165) is 5.56 Å². The fraction of sp³-hybridized carbons (Fsp3) is 0.368. The highest BCUT2D eigenvalue weighted by atomic mass is 19.1. The Bertz CT molecular complexity index is 723. The van der Waals surface area contributed by atoms with Gasteiger partial charge in [0.05, 0.1) is 25.9 Å². The second kappa shape index (κ2) is 7.47. The second-order valence-electron chi connectivity index (χ2n) is 6.25. The topological polar surface area (TPSA) is 52.9 Å². The summed E-state index contributed by atoms with van der Waals surface area (Å²) >= 11 is 0. The van der Waals surface area contributed by atoms with E-state index in [2.05, 4.69) is 0 Å². The lowest BCUT2D eigenvalue weighted by Crippen LogP contribution is -2.38. The molecule has 6 heteroatoms. The van der Waals surface area contributed by atoms with Crippen LogP contribution >= 0.6 is 0 Å². The molecule has 1 aliphatic rings. The molecule has 4 nitrogen and oxygen atoms in total. The molecule has 25 heavy (non-hydrogen) atoms. The molecule has 0 saturated carbocycles. The van der Waals surface area contributed by atoms with Crippen molar-refractivity contribution in [2.75, 3.05) is 20.3 Å². The number of aliphatic hydroxyl groups excluding tert-OH is 2. The van der Waals surface area contributed by atoms with Crippen LogP contribution in [0.5, 0.6) is 5.75 Å². The Morgan fingerprint density at radius 1 is 1.16 bits per heavy atom. The monoisotopic (exact) mass is 349 g/mol. The molecule has 0 bridgehead atoms. The van der Waals surface area contributed by atoms with Crippen molar-refractivity contribution in [3.63, 3.8) is 0 Å². The van der Waals surface area contributed by atoms with Crippen LogP contribution in [0.3, 0.4) is 0 Å². The number of hydrogen-bond donors (Lipinski definition) is 2. The van der Waals surface area contributed by atoms with Crippen molar-refractivity contribution in [1.29, 1.82) is 0 Å². The van der Waals surface area contributed by atoms with Gasteiger partial charge in [-0.15, -0.1) is 0 Å². The SMILES string of the molecule is COc1cccc(F)c1CN1C[C@H](c2ccc(F)cc2)[C@@H](O)[C@H]1CO. The summed E-state index contributed by atoms with van der Waals surface area (Å²) in [4.78, 5) is 1.83. The van der Waals surface area contributed by atoms with Crippen LogP contribution in [0, 0.1) is 11.6 Å². The summed E-state index contributed by atoms with van der Waals surface area (Å²) in [5.41, 5.74) is 1.17. The first-order chi connectivity index (χ1) is 12.0. The van der Waals surface area contributed by atoms with Crippen LogP contribution < -0.4 is 4.74 Å². The van der Waals surface area contributed by atoms with Gasteiger partial charge in [0, 0.05) is 24.6 Å². The number of halogens is 2. The minimum absolute atomic E-state index is 0.204. The van der Waals surface area contributed by atoms with Crippen molar-refractivity contribution in [3.8, 4) is 5.75 Å². The van der Waals surface area contributed by atoms with E-state index in [0.29, 0.717) is 17.9 Å². The Morgan fingerprint density at radius 2 is 1.88 bits per heavy atom. The van der Waals surface area contributed by atoms with Gasteiger partial charge in [0.15, 0.2) is 0 Å². The molecule has 1 heterocycles. The molecule has 1 saturated heterocycles. The van der Waals surface area contributed by atoms with Crippen molar-refractivity contribution in [3.05, 3.63) is 65.2 Å². The van der Waals surface area contributed by atoms with E-state index in [1.165, 1.54) is 25.3 Å². The fourth-order valence-electron chi connectivity index (χ4n) is 3.48. The Hall–Kier alpha value is -2.02. The minimum atomic E-state index is -0.826. The summed E-state index contributed by atoms with van der Waals surface area (Å²) in [5, 5.41) is 20.3. The van der Waals surface area contributed by atoms with Crippen LogP contribution in [0.4, 0.5) is 8.78 Å². The highest BCUT2D eigenvalue weighted by Gasteiger charge is 2.41. The van der Waals surface area contributed by atoms with Crippen LogP contribution in [-0.2, 0) is 6.54 Å². The number of methoxy groups -OCH3 is 1. The van der Waals surface area contributed by atoms with E-state index in [-0.39, 0.29) is 24.9 Å². The molecule has 1 fully saturated rings. The summed E-state index contributed by atoms with van der Waals surface area (Å²) in [6.45, 7) is 0.376. The summed E-state index contributed by atoms with van der Waals surface area (Å²) in [6, 6.07) is 10.0. The van der Waals surface area contributed by atoms with Crippen LogP contribution in [0.1, 0.15) is 17.0 Å². The van der Waals surface area contributed by atoms with Crippen LogP contribution in [0.25, 0.3) is 0 Å². The van der Waals surface area contributed by atoms with Crippen molar-refractivity contribution >= 4 is 0 Å². The molecule has 0 unspecified atom stereocenters. The van der Waals surface area contributed by atoms with Gasteiger partial charge < -0.3 is 14.9 Å². The van der Waals surface area contributed by atoms with E-state index in [1.807, 2.05) is 4.90 Å². The smallest absolute Gasteiger partial charge is 0.131 e. The third kappa shape index (κ3) is 3.51. The first-order valence-corrected chi connectivity index (χ1v) is 8.15. The highest BCUT2D eigenvalue weighted by Crippen LogP contribution is 2.35. The summed E-state index contributed by atoms with van der Waals surface area (Å²) in [7, 11) is 1.47. The molecule has 2 N–H and O–H groups in total. The predicted molar refractivity (Wildman–Crippen MR) is 89.4 cm³/mol. The first kappa shape index (κ1) is 17.8. The predicted octanol–water partition coefficient (Wildman–Crippen LogP) is 2.29. The lowest BCUT2D eigenvalue weighted by atomic mass is 9.94. The van der Waals surface area contributed by atoms with E-state index >= 15 is 0 Å². The molecule has 0 aliphatic carbocycles. The molecule has 3 atom stereocenters. The number of hydrogen-bond acceptors (Lipinski definition) is 4. The average Bonchev–Trinajstić information content (AvgIpc) is 2.93. The molecule has 1 aliphatic heterocycles. The number of benzene rings is 2. The van der Waals surface area contributed by atoms with Crippen LogP contribution in [-0.4, -0.2) is 47.5 Å². The third-order valence-electron chi connectivity index (χ3n) is 4.85. The average molecular weight is 349 g/mol. The first-order valence-electron chi connectivity index (χ1n) is 8.15. The molecule has 134 valence electrons. The Balaban J connectivity index is 1.86. The van der Waals surface area contributed by atoms with E-state index in [4.69, 9.17) is 4.74 Å². The molecular weight excluding hydrogens is 328 g/mol. The standard InChI is InChI=1S/C19H21F2NO3/c1-25-18-4-2-3-16(21)15(18)10-22-9-14(19(24)17(22)11-23)12-5-7-13(20)8-6-12/h2-8,14,17,19,23-24H,9-11H2,1H3/t14-,17-,19-/m1/s1. The molecular formula is C19H21F2NO3. The lowest BCUT2D eigenvalue weighted by molar-refractivity contribution is 0.0633. The Kier molecular flexibility index (Phi) is 5.32. The van der Waals surface area contributed by atoms with Gasteiger partial charge in [-0.2, -0.15) is 0 Å². The molecule has 0 spiro atoms. The highest BCUT2D eigenvalue weighted by molar-refractivity contribution is 5.35. The van der Waals surface area contributed by atoms with E-state index in [1.54, 1.807) is 24.3 Å². The van der Waals surface area contributed by atoms with E-state index in [9.17, 15) is 19.0 Å². The van der Waals surface area contributed by atoms with Crippen molar-refractivity contribution in [2.45, 2.75) is 24.6 Å². The summed E-state index contributed by atoms with van der Waals surface area (Å²) in [5.74, 6) is -0.592. The Morgan fingerprint density at radius 3 is 2.52 bits per heavy atom. The van der Waals surface area contributed by atoms with E-state index < -0.39 is 18.0 Å². The lowest BCUT2D eigenvalue weighted by Gasteiger charge is -2.25. The van der Waals surface area contributed by atoms with Gasteiger partial charge in [-0.05, 0) is 29.8 Å². The van der Waals surface area contributed by atoms with Crippen LogP contribution in [0.2, 0.25) is 0 Å². The van der Waals surface area contributed by atoms with Gasteiger partial charge in [0.1, 0.15) is 17.4 Å². The maximum absolute atomic E-state index is 14.2. The van der Waals surface area contributed by atoms with Crippen LogP contribution in [0.15, 0.2) is 42.5 Å². The summed E-state index contributed by atoms with van der Waals surface area (Å²) < 4.78 is 32.6. The number of ether oxygens (including phenoxy) is 1. The Labute approximate surface area is 145 Å². The number of rotatable bonds is 5. The molecule has 3 rings (SSSR count). The number of aliphatic hydroxyl groups is 2. The number of nitrogens with zero attached hydrogens (tertiary/aromatic N) is 1. The van der Waals surface area contributed by atoms with Gasteiger partial charge in [0.25, 0.3) is 0 Å². The molecule has 0 radical (unpaired) electrons.